The topological polar surface area (TPSA) is 73.1 Å². The van der Waals surface area contributed by atoms with Crippen LogP contribution in [0.25, 0.3) is 16.8 Å². The smallest absolute Gasteiger partial charge is 0.411 e. The number of ether oxygens (including phenoxy) is 2. The summed E-state index contributed by atoms with van der Waals surface area (Å²) < 4.78 is 26.1. The zero-order valence-corrected chi connectivity index (χ0v) is 19.0. The molecule has 0 bridgehead atoms. The zero-order valence-electron chi connectivity index (χ0n) is 19.0. The van der Waals surface area contributed by atoms with Gasteiger partial charge in [-0.3, -0.25) is 14.1 Å². The Hall–Kier alpha value is -3.68. The van der Waals surface area contributed by atoms with Gasteiger partial charge in [-0.2, -0.15) is 0 Å². The van der Waals surface area contributed by atoms with E-state index < -0.39 is 23.6 Å². The number of fused-ring (bicyclic) bond motifs is 1. The van der Waals surface area contributed by atoms with Crippen LogP contribution >= 0.6 is 0 Å². The number of carbonyl (C=O) groups excluding carboxylic acids is 1. The molecule has 0 spiro atoms. The van der Waals surface area contributed by atoms with Crippen molar-refractivity contribution in [2.75, 3.05) is 13.7 Å². The third-order valence-corrected chi connectivity index (χ3v) is 5.29. The van der Waals surface area contributed by atoms with Crippen LogP contribution in [0.5, 0.6) is 5.75 Å². The Morgan fingerprint density at radius 2 is 1.91 bits per heavy atom. The molecule has 7 nitrogen and oxygen atoms in total. The highest BCUT2D eigenvalue weighted by Gasteiger charge is 2.30. The second-order valence-electron chi connectivity index (χ2n) is 8.85. The minimum absolute atomic E-state index is 0.151. The van der Waals surface area contributed by atoms with Crippen LogP contribution in [0.1, 0.15) is 38.9 Å². The number of pyridine rings is 1. The molecule has 1 aliphatic rings. The van der Waals surface area contributed by atoms with Crippen LogP contribution < -0.4 is 10.3 Å². The number of hydrogen-bond donors (Lipinski definition) is 0. The van der Waals surface area contributed by atoms with Gasteiger partial charge in [0.2, 0.25) is 0 Å². The summed E-state index contributed by atoms with van der Waals surface area (Å²) in [6.45, 7) is 5.91. The lowest BCUT2D eigenvalue weighted by Crippen LogP contribution is -2.41. The Labute approximate surface area is 191 Å². The molecule has 1 aliphatic heterocycles. The number of nitrogens with zero attached hydrogens (tertiary/aromatic N) is 3. The van der Waals surface area contributed by atoms with Crippen LogP contribution in [0.2, 0.25) is 0 Å². The van der Waals surface area contributed by atoms with Gasteiger partial charge in [-0.1, -0.05) is 18.2 Å². The second kappa shape index (κ2) is 8.69. The van der Waals surface area contributed by atoms with Crippen molar-refractivity contribution in [2.45, 2.75) is 38.8 Å². The van der Waals surface area contributed by atoms with Gasteiger partial charge < -0.3 is 9.47 Å². The van der Waals surface area contributed by atoms with Gasteiger partial charge in [0.05, 0.1) is 18.8 Å². The molecule has 1 aromatic carbocycles. The summed E-state index contributed by atoms with van der Waals surface area (Å²) in [5.74, 6) is -0.333. The fourth-order valence-corrected chi connectivity index (χ4v) is 3.75. The van der Waals surface area contributed by atoms with E-state index in [9.17, 15) is 14.0 Å². The highest BCUT2D eigenvalue weighted by atomic mass is 19.1. The summed E-state index contributed by atoms with van der Waals surface area (Å²) in [5.41, 5.74) is 1.24. The van der Waals surface area contributed by atoms with Crippen molar-refractivity contribution in [3.63, 3.8) is 0 Å². The second-order valence-corrected chi connectivity index (χ2v) is 8.85. The molecule has 2 aromatic heterocycles. The van der Waals surface area contributed by atoms with Crippen LogP contribution in [0.3, 0.4) is 0 Å². The van der Waals surface area contributed by atoms with Crippen LogP contribution in [-0.2, 0) is 4.74 Å². The monoisotopic (exact) mass is 451 g/mol. The van der Waals surface area contributed by atoms with Crippen molar-refractivity contribution in [2.24, 2.45) is 0 Å². The first-order chi connectivity index (χ1) is 15.7. The average molecular weight is 451 g/mol. The number of amides is 1. The predicted molar refractivity (Wildman–Crippen MR) is 123 cm³/mol. The average Bonchev–Trinajstić information content (AvgIpc) is 2.77. The van der Waals surface area contributed by atoms with E-state index in [1.807, 2.05) is 32.9 Å². The Bertz CT molecular complexity index is 1290. The van der Waals surface area contributed by atoms with Gasteiger partial charge in [-0.15, -0.1) is 0 Å². The maximum absolute atomic E-state index is 14.1. The minimum Gasteiger partial charge on any atom is -0.494 e. The van der Waals surface area contributed by atoms with E-state index in [1.165, 1.54) is 23.6 Å². The largest absolute Gasteiger partial charge is 0.494 e. The highest BCUT2D eigenvalue weighted by molar-refractivity contribution is 5.69. The maximum atomic E-state index is 14.1. The van der Waals surface area contributed by atoms with Crippen molar-refractivity contribution in [3.8, 4) is 16.9 Å². The molecule has 4 rings (SSSR count). The summed E-state index contributed by atoms with van der Waals surface area (Å²) in [6, 6.07) is 9.02. The number of hydrogen-bond acceptors (Lipinski definition) is 5. The molecule has 1 atom stereocenters. The molecule has 3 heterocycles. The Morgan fingerprint density at radius 1 is 1.15 bits per heavy atom. The van der Waals surface area contributed by atoms with Gasteiger partial charge in [0, 0.05) is 18.8 Å². The number of benzene rings is 1. The van der Waals surface area contributed by atoms with Gasteiger partial charge in [0.1, 0.15) is 11.2 Å². The number of methoxy groups -OCH3 is 1. The highest BCUT2D eigenvalue weighted by Crippen LogP contribution is 2.28. The number of halogens is 1. The van der Waals surface area contributed by atoms with Gasteiger partial charge in [-0.25, -0.2) is 14.2 Å². The van der Waals surface area contributed by atoms with E-state index in [2.05, 4.69) is 4.98 Å². The van der Waals surface area contributed by atoms with Crippen molar-refractivity contribution >= 4 is 11.7 Å². The predicted octanol–water partition coefficient (Wildman–Crippen LogP) is 4.75. The van der Waals surface area contributed by atoms with Crippen molar-refractivity contribution < 1.29 is 18.7 Å². The van der Waals surface area contributed by atoms with Gasteiger partial charge in [-0.05, 0) is 62.6 Å². The van der Waals surface area contributed by atoms with E-state index in [-0.39, 0.29) is 11.3 Å². The first kappa shape index (κ1) is 22.5. The quantitative estimate of drug-likeness (QED) is 0.538. The summed E-state index contributed by atoms with van der Waals surface area (Å²) >= 11 is 0. The molecule has 3 aromatic rings. The molecule has 0 aliphatic carbocycles. The molecule has 0 radical (unpaired) electrons. The summed E-state index contributed by atoms with van der Waals surface area (Å²) in [4.78, 5) is 31.9. The summed E-state index contributed by atoms with van der Waals surface area (Å²) in [5, 5.41) is 0. The van der Waals surface area contributed by atoms with Crippen molar-refractivity contribution in [1.82, 2.24) is 14.3 Å². The van der Waals surface area contributed by atoms with E-state index >= 15 is 0 Å². The first-order valence-electron chi connectivity index (χ1n) is 10.7. The zero-order chi connectivity index (χ0) is 23.8. The third kappa shape index (κ3) is 4.74. The van der Waals surface area contributed by atoms with Crippen LogP contribution in [0.15, 0.2) is 59.5 Å². The number of rotatable bonds is 3. The Morgan fingerprint density at radius 3 is 2.61 bits per heavy atom. The van der Waals surface area contributed by atoms with Gasteiger partial charge >= 0.3 is 6.09 Å². The number of aromatic nitrogens is 2. The molecule has 33 heavy (non-hydrogen) atoms. The lowest BCUT2D eigenvalue weighted by Gasteiger charge is -2.33. The summed E-state index contributed by atoms with van der Waals surface area (Å²) in [7, 11) is 1.41. The Kier molecular flexibility index (Phi) is 5.93. The molecule has 0 fully saturated rings. The standard InChI is InChI=1S/C25H26FN3O4/c1-25(2,3)33-24(31)28-12-6-5-7-20(28)19-14-23(30)29-15-17(9-11-22(29)27-19)16-8-10-21(32-4)18(26)13-16/h5,7-11,13-15,20H,6,12H2,1-4H3. The SMILES string of the molecule is COc1ccc(-c2ccc3nc(C4C=CCCN4C(=O)OC(C)(C)C)cc(=O)n3c2)cc1F. The van der Waals surface area contributed by atoms with Crippen LogP contribution in [-0.4, -0.2) is 39.6 Å². The molecule has 8 heteroatoms. The third-order valence-electron chi connectivity index (χ3n) is 5.29. The van der Waals surface area contributed by atoms with E-state index in [0.29, 0.717) is 35.4 Å². The fraction of sp³-hybridized carbons (Fsp3) is 0.320. The number of carbonyl (C=O) groups is 1. The molecule has 0 saturated carbocycles. The van der Waals surface area contributed by atoms with Gasteiger partial charge in [0.15, 0.2) is 11.6 Å². The lowest BCUT2D eigenvalue weighted by molar-refractivity contribution is 0.0187. The fourth-order valence-electron chi connectivity index (χ4n) is 3.75. The summed E-state index contributed by atoms with van der Waals surface area (Å²) in [6.07, 6.45) is 5.70. The molecule has 172 valence electrons. The molecule has 0 saturated heterocycles. The lowest BCUT2D eigenvalue weighted by atomic mass is 10.1. The molecule has 0 N–H and O–H groups in total. The first-order valence-corrected chi connectivity index (χ1v) is 10.7. The molecule has 1 amide bonds. The molecular formula is C25H26FN3O4. The maximum Gasteiger partial charge on any atom is 0.411 e. The van der Waals surface area contributed by atoms with E-state index in [1.54, 1.807) is 35.4 Å². The van der Waals surface area contributed by atoms with Crippen molar-refractivity contribution in [1.29, 1.82) is 0 Å². The normalized spacial score (nSPS) is 16.2. The minimum atomic E-state index is -0.628. The Balaban J connectivity index is 1.70. The van der Waals surface area contributed by atoms with Gasteiger partial charge in [0.25, 0.3) is 5.56 Å². The molecule has 1 unspecified atom stereocenters. The van der Waals surface area contributed by atoms with E-state index in [0.717, 1.165) is 0 Å². The van der Waals surface area contributed by atoms with E-state index in [4.69, 9.17) is 9.47 Å². The van der Waals surface area contributed by atoms with Crippen molar-refractivity contribution in [3.05, 3.63) is 76.6 Å². The molecular weight excluding hydrogens is 425 g/mol. The van der Waals surface area contributed by atoms with Crippen LogP contribution in [0, 0.1) is 5.82 Å². The van der Waals surface area contributed by atoms with Crippen LogP contribution in [0.4, 0.5) is 9.18 Å².